The van der Waals surface area contributed by atoms with E-state index >= 15 is 0 Å². The summed E-state index contributed by atoms with van der Waals surface area (Å²) in [6.07, 6.45) is 2.56. The molecule has 2 saturated heterocycles. The highest BCUT2D eigenvalue weighted by Crippen LogP contribution is 2.26. The van der Waals surface area contributed by atoms with Crippen molar-refractivity contribution in [2.75, 3.05) is 32.9 Å². The van der Waals surface area contributed by atoms with E-state index in [2.05, 4.69) is 16.7 Å². The predicted molar refractivity (Wildman–Crippen MR) is 138 cm³/mol. The molecule has 2 aliphatic rings. The molecule has 1 unspecified atom stereocenters. The van der Waals surface area contributed by atoms with E-state index in [9.17, 15) is 14.9 Å². The molecule has 9 nitrogen and oxygen atoms in total. The topological polar surface area (TPSA) is 119 Å². The minimum Gasteiger partial charge on any atom is -0.408 e. The first-order valence-electron chi connectivity index (χ1n) is 12.9. The zero-order valence-corrected chi connectivity index (χ0v) is 20.8. The highest BCUT2D eigenvalue weighted by molar-refractivity contribution is 5.82. The molecule has 3 aromatic rings. The van der Waals surface area contributed by atoms with Gasteiger partial charge in [0.1, 0.15) is 12.1 Å². The van der Waals surface area contributed by atoms with Crippen LogP contribution in [0.25, 0.3) is 22.2 Å². The van der Waals surface area contributed by atoms with Crippen molar-refractivity contribution in [3.05, 3.63) is 58.6 Å². The Kier molecular flexibility index (Phi) is 7.99. The van der Waals surface area contributed by atoms with E-state index in [1.165, 1.54) is 0 Å². The molecule has 3 heterocycles. The van der Waals surface area contributed by atoms with Crippen LogP contribution in [0.1, 0.15) is 24.8 Å². The Balaban J connectivity index is 1.27. The van der Waals surface area contributed by atoms with Gasteiger partial charge in [-0.15, -0.1) is 0 Å². The number of nitrogens with zero attached hydrogens (tertiary/aromatic N) is 2. The van der Waals surface area contributed by atoms with Gasteiger partial charge < -0.3 is 24.5 Å². The number of hydrogen-bond donors (Lipinski definition) is 2. The van der Waals surface area contributed by atoms with Crippen LogP contribution in [0.3, 0.4) is 0 Å². The fourth-order valence-corrected chi connectivity index (χ4v) is 4.95. The number of benzene rings is 2. The summed E-state index contributed by atoms with van der Waals surface area (Å²) in [6.45, 7) is 3.88. The number of nitrogens with one attached hydrogen (secondary N) is 2. The number of amides is 1. The molecular formula is C28H32N4O5. The van der Waals surface area contributed by atoms with Crippen molar-refractivity contribution in [2.45, 2.75) is 44.4 Å². The number of hydrogen-bond acceptors (Lipinski definition) is 7. The molecule has 194 valence electrons. The zero-order valence-electron chi connectivity index (χ0n) is 20.8. The van der Waals surface area contributed by atoms with Gasteiger partial charge in [-0.2, -0.15) is 5.26 Å². The Labute approximate surface area is 215 Å². The minimum absolute atomic E-state index is 0.266. The Morgan fingerprint density at radius 3 is 2.70 bits per heavy atom. The van der Waals surface area contributed by atoms with E-state index in [-0.39, 0.29) is 11.7 Å². The van der Waals surface area contributed by atoms with Crippen LogP contribution in [0.2, 0.25) is 0 Å². The molecule has 0 saturated carbocycles. The van der Waals surface area contributed by atoms with Crippen LogP contribution in [-0.2, 0) is 27.2 Å². The molecule has 2 fully saturated rings. The molecule has 5 rings (SSSR count). The van der Waals surface area contributed by atoms with Gasteiger partial charge in [-0.05, 0) is 60.5 Å². The summed E-state index contributed by atoms with van der Waals surface area (Å²) in [5.74, 6) is -0.199. The maximum absolute atomic E-state index is 12.5. The van der Waals surface area contributed by atoms with Gasteiger partial charge in [-0.25, -0.2) is 4.79 Å². The molecular weight excluding hydrogens is 472 g/mol. The van der Waals surface area contributed by atoms with Gasteiger partial charge in [0.15, 0.2) is 5.58 Å². The van der Waals surface area contributed by atoms with Gasteiger partial charge in [-0.1, -0.05) is 30.3 Å². The molecule has 2 atom stereocenters. The fourth-order valence-electron chi connectivity index (χ4n) is 4.95. The van der Waals surface area contributed by atoms with Crippen molar-refractivity contribution < 1.29 is 18.7 Å². The number of fused-ring (bicyclic) bond motifs is 1. The zero-order chi connectivity index (χ0) is 25.6. The third-order valence-corrected chi connectivity index (χ3v) is 7.09. The molecule has 0 radical (unpaired) electrons. The molecule has 1 amide bonds. The first-order chi connectivity index (χ1) is 18.1. The van der Waals surface area contributed by atoms with Crippen molar-refractivity contribution in [1.82, 2.24) is 15.2 Å². The molecule has 0 spiro atoms. The van der Waals surface area contributed by atoms with Crippen molar-refractivity contribution in [3.63, 3.8) is 0 Å². The maximum Gasteiger partial charge on any atom is 0.419 e. The van der Waals surface area contributed by atoms with Crippen LogP contribution >= 0.6 is 0 Å². The second-order valence-corrected chi connectivity index (χ2v) is 9.73. The Bertz CT molecular complexity index is 1310. The maximum atomic E-state index is 12.5. The van der Waals surface area contributed by atoms with Crippen LogP contribution in [0.5, 0.6) is 0 Å². The molecule has 0 aliphatic carbocycles. The number of rotatable bonds is 7. The Morgan fingerprint density at radius 1 is 1.14 bits per heavy atom. The van der Waals surface area contributed by atoms with Crippen molar-refractivity contribution in [3.8, 4) is 17.2 Å². The molecule has 9 heteroatoms. The second-order valence-electron chi connectivity index (χ2n) is 9.73. The number of oxazole rings is 1. The summed E-state index contributed by atoms with van der Waals surface area (Å²) >= 11 is 0. The number of nitriles is 1. The highest BCUT2D eigenvalue weighted by Gasteiger charge is 2.23. The Hall–Kier alpha value is -3.45. The number of carbonyl (C=O) groups is 1. The second kappa shape index (κ2) is 11.7. The third kappa shape index (κ3) is 6.10. The standard InChI is InChI=1S/C28H32N4O5/c29-16-23(31-27(33)26-17-30-10-1-11-36-26)14-19-2-4-21(5-3-19)22-6-7-25-24(15-22)32(28(34)37-25)18-20-8-12-35-13-9-20/h2-7,15,20,23,26,30H,1,8-14,17-18H2,(H,31,33)/t23-,26?/m0/s1. The van der Waals surface area contributed by atoms with E-state index in [0.717, 1.165) is 61.2 Å². The molecule has 37 heavy (non-hydrogen) atoms. The third-order valence-electron chi connectivity index (χ3n) is 7.09. The largest absolute Gasteiger partial charge is 0.419 e. The lowest BCUT2D eigenvalue weighted by Gasteiger charge is -2.21. The quantitative estimate of drug-likeness (QED) is 0.508. The van der Waals surface area contributed by atoms with E-state index in [0.29, 0.717) is 37.6 Å². The lowest BCUT2D eigenvalue weighted by Crippen LogP contribution is -2.46. The fraction of sp³-hybridized carbons (Fsp3) is 0.464. The van der Waals surface area contributed by atoms with Gasteiger partial charge in [-0.3, -0.25) is 9.36 Å². The van der Waals surface area contributed by atoms with Gasteiger partial charge >= 0.3 is 5.76 Å². The van der Waals surface area contributed by atoms with Crippen molar-refractivity contribution in [2.24, 2.45) is 5.92 Å². The summed E-state index contributed by atoms with van der Waals surface area (Å²) in [7, 11) is 0. The number of carbonyl (C=O) groups excluding carboxylic acids is 1. The van der Waals surface area contributed by atoms with E-state index < -0.39 is 12.1 Å². The van der Waals surface area contributed by atoms with Crippen LogP contribution in [0.4, 0.5) is 0 Å². The van der Waals surface area contributed by atoms with Gasteiger partial charge in [0, 0.05) is 39.3 Å². The normalized spacial score (nSPS) is 19.7. The molecule has 0 bridgehead atoms. The average Bonchev–Trinajstić information content (AvgIpc) is 3.08. The van der Waals surface area contributed by atoms with Crippen LogP contribution in [-0.4, -0.2) is 55.5 Å². The SMILES string of the molecule is N#C[C@H](Cc1ccc(-c2ccc3oc(=O)n(CC4CCOCC4)c3c2)cc1)NC(=O)C1CNCCCO1. The number of ether oxygens (including phenoxy) is 2. The lowest BCUT2D eigenvalue weighted by atomic mass is 9.99. The van der Waals surface area contributed by atoms with Crippen LogP contribution in [0.15, 0.2) is 51.7 Å². The van der Waals surface area contributed by atoms with Crippen LogP contribution in [0, 0.1) is 17.2 Å². The summed E-state index contributed by atoms with van der Waals surface area (Å²) in [4.78, 5) is 25.1. The highest BCUT2D eigenvalue weighted by atomic mass is 16.5. The first-order valence-corrected chi connectivity index (χ1v) is 12.9. The minimum atomic E-state index is -0.646. The summed E-state index contributed by atoms with van der Waals surface area (Å²) in [5.41, 5.74) is 4.28. The summed E-state index contributed by atoms with van der Waals surface area (Å²) in [6, 6.07) is 15.2. The smallest absolute Gasteiger partial charge is 0.408 e. The lowest BCUT2D eigenvalue weighted by molar-refractivity contribution is -0.132. The van der Waals surface area contributed by atoms with Crippen molar-refractivity contribution in [1.29, 1.82) is 5.26 Å². The molecule has 2 aromatic carbocycles. The van der Waals surface area contributed by atoms with Crippen LogP contribution < -0.4 is 16.4 Å². The first kappa shape index (κ1) is 25.2. The number of aromatic nitrogens is 1. The van der Waals surface area contributed by atoms with E-state index in [4.69, 9.17) is 13.9 Å². The molecule has 1 aromatic heterocycles. The monoisotopic (exact) mass is 504 g/mol. The summed E-state index contributed by atoms with van der Waals surface area (Å²) < 4.78 is 18.3. The molecule has 2 aliphatic heterocycles. The van der Waals surface area contributed by atoms with E-state index in [1.807, 2.05) is 42.5 Å². The predicted octanol–water partition coefficient (Wildman–Crippen LogP) is 2.62. The van der Waals surface area contributed by atoms with Crippen molar-refractivity contribution >= 4 is 17.0 Å². The molecule has 2 N–H and O–H groups in total. The summed E-state index contributed by atoms with van der Waals surface area (Å²) in [5, 5.41) is 15.6. The van der Waals surface area contributed by atoms with Gasteiger partial charge in [0.2, 0.25) is 0 Å². The van der Waals surface area contributed by atoms with Gasteiger partial charge in [0.25, 0.3) is 5.91 Å². The Morgan fingerprint density at radius 2 is 1.92 bits per heavy atom. The van der Waals surface area contributed by atoms with Gasteiger partial charge in [0.05, 0.1) is 11.6 Å². The van der Waals surface area contributed by atoms with E-state index in [1.54, 1.807) is 4.57 Å². The average molecular weight is 505 g/mol.